The number of halogens is 2. The molecule has 1 saturated carbocycles. The fourth-order valence-electron chi connectivity index (χ4n) is 2.35. The molecule has 21 heavy (non-hydrogen) atoms. The number of carbonyl (C=O) groups excluding carboxylic acids is 1. The number of benzene rings is 1. The standard InChI is InChI=1S/C14H13F2N3O2/c1-7(13-17-6-21-19-13)18-14(20)10-5-9(10)8-2-3-11(15)12(16)4-8/h2-4,6-7,9-10H,5H2,1H3,(H,18,20)/t7-,9+,10+/m0/s1. The molecule has 3 atom stereocenters. The van der Waals surface area contributed by atoms with Gasteiger partial charge in [-0.1, -0.05) is 11.2 Å². The molecular formula is C14H13F2N3O2. The van der Waals surface area contributed by atoms with Crippen molar-refractivity contribution in [2.45, 2.75) is 25.3 Å². The first kappa shape index (κ1) is 13.7. The van der Waals surface area contributed by atoms with E-state index in [0.717, 1.165) is 12.1 Å². The molecule has 1 heterocycles. The monoisotopic (exact) mass is 293 g/mol. The van der Waals surface area contributed by atoms with Crippen molar-refractivity contribution in [3.8, 4) is 0 Å². The zero-order chi connectivity index (χ0) is 15.0. The highest BCUT2D eigenvalue weighted by molar-refractivity contribution is 5.83. The summed E-state index contributed by atoms with van der Waals surface area (Å²) < 4.78 is 30.7. The number of nitrogens with zero attached hydrogens (tertiary/aromatic N) is 2. The number of rotatable bonds is 4. The number of carbonyl (C=O) groups is 1. The quantitative estimate of drug-likeness (QED) is 0.939. The van der Waals surface area contributed by atoms with Crippen LogP contribution in [-0.4, -0.2) is 16.0 Å². The number of hydrogen-bond donors (Lipinski definition) is 1. The normalized spacial score (nSPS) is 21.9. The summed E-state index contributed by atoms with van der Waals surface area (Å²) >= 11 is 0. The highest BCUT2D eigenvalue weighted by Crippen LogP contribution is 2.47. The van der Waals surface area contributed by atoms with Crippen molar-refractivity contribution < 1.29 is 18.1 Å². The van der Waals surface area contributed by atoms with Gasteiger partial charge >= 0.3 is 0 Å². The van der Waals surface area contributed by atoms with E-state index in [0.29, 0.717) is 17.8 Å². The van der Waals surface area contributed by atoms with Gasteiger partial charge in [-0.3, -0.25) is 4.79 Å². The lowest BCUT2D eigenvalue weighted by Gasteiger charge is -2.09. The Hall–Kier alpha value is -2.31. The molecule has 0 radical (unpaired) electrons. The lowest BCUT2D eigenvalue weighted by molar-refractivity contribution is -0.123. The molecule has 110 valence electrons. The van der Waals surface area contributed by atoms with Crippen molar-refractivity contribution >= 4 is 5.91 Å². The van der Waals surface area contributed by atoms with E-state index in [9.17, 15) is 13.6 Å². The SMILES string of the molecule is C[C@H](NC(=O)[C@@H]1C[C@@H]1c1ccc(F)c(F)c1)c1ncon1. The van der Waals surface area contributed by atoms with Gasteiger partial charge in [0.15, 0.2) is 17.5 Å². The van der Waals surface area contributed by atoms with E-state index >= 15 is 0 Å². The molecule has 1 aliphatic carbocycles. The van der Waals surface area contributed by atoms with Gasteiger partial charge < -0.3 is 9.84 Å². The third-order valence-electron chi connectivity index (χ3n) is 3.62. The van der Waals surface area contributed by atoms with E-state index < -0.39 is 11.6 Å². The second kappa shape index (κ2) is 5.23. The van der Waals surface area contributed by atoms with Gasteiger partial charge in [0.25, 0.3) is 0 Å². The molecule has 1 fully saturated rings. The van der Waals surface area contributed by atoms with E-state index in [1.54, 1.807) is 6.92 Å². The van der Waals surface area contributed by atoms with Crippen molar-refractivity contribution in [2.24, 2.45) is 5.92 Å². The minimum atomic E-state index is -0.890. The van der Waals surface area contributed by atoms with Crippen molar-refractivity contribution in [1.82, 2.24) is 15.5 Å². The third kappa shape index (κ3) is 2.76. The van der Waals surface area contributed by atoms with Gasteiger partial charge in [0.1, 0.15) is 0 Å². The summed E-state index contributed by atoms with van der Waals surface area (Å²) in [5.41, 5.74) is 0.640. The lowest BCUT2D eigenvalue weighted by Crippen LogP contribution is -2.29. The maximum atomic E-state index is 13.2. The minimum absolute atomic E-state index is 0.0717. The van der Waals surface area contributed by atoms with Crippen LogP contribution in [0.4, 0.5) is 8.78 Å². The molecule has 1 amide bonds. The number of aromatic nitrogens is 2. The molecular weight excluding hydrogens is 280 g/mol. The summed E-state index contributed by atoms with van der Waals surface area (Å²) in [5, 5.41) is 6.43. The number of amides is 1. The molecule has 2 aromatic rings. The van der Waals surface area contributed by atoms with Crippen LogP contribution >= 0.6 is 0 Å². The Morgan fingerprint density at radius 2 is 2.24 bits per heavy atom. The Morgan fingerprint density at radius 3 is 2.90 bits per heavy atom. The third-order valence-corrected chi connectivity index (χ3v) is 3.62. The molecule has 3 rings (SSSR count). The second-order valence-corrected chi connectivity index (χ2v) is 5.14. The predicted molar refractivity (Wildman–Crippen MR) is 68.1 cm³/mol. The van der Waals surface area contributed by atoms with E-state index in [1.807, 2.05) is 0 Å². The van der Waals surface area contributed by atoms with Gasteiger partial charge in [0, 0.05) is 5.92 Å². The maximum absolute atomic E-state index is 13.2. The zero-order valence-electron chi connectivity index (χ0n) is 11.2. The Morgan fingerprint density at radius 1 is 1.43 bits per heavy atom. The number of hydrogen-bond acceptors (Lipinski definition) is 4. The van der Waals surface area contributed by atoms with Gasteiger partial charge in [-0.25, -0.2) is 8.78 Å². The molecule has 1 N–H and O–H groups in total. The van der Waals surface area contributed by atoms with Gasteiger partial charge in [-0.2, -0.15) is 4.98 Å². The summed E-state index contributed by atoms with van der Waals surface area (Å²) in [6.45, 7) is 1.75. The second-order valence-electron chi connectivity index (χ2n) is 5.14. The van der Waals surface area contributed by atoms with Crippen LogP contribution in [0.1, 0.15) is 36.7 Å². The topological polar surface area (TPSA) is 68.0 Å². The Balaban J connectivity index is 1.62. The summed E-state index contributed by atoms with van der Waals surface area (Å²) in [6.07, 6.45) is 1.81. The molecule has 1 aromatic carbocycles. The summed E-state index contributed by atoms with van der Waals surface area (Å²) in [6, 6.07) is 3.39. The Bertz CT molecular complexity index is 660. The van der Waals surface area contributed by atoms with Crippen LogP contribution in [0.5, 0.6) is 0 Å². The van der Waals surface area contributed by atoms with Gasteiger partial charge in [-0.05, 0) is 37.0 Å². The van der Waals surface area contributed by atoms with Crippen LogP contribution in [0, 0.1) is 17.6 Å². The smallest absolute Gasteiger partial charge is 0.224 e. The van der Waals surface area contributed by atoms with Crippen LogP contribution < -0.4 is 5.32 Å². The summed E-state index contributed by atoms with van der Waals surface area (Å²) in [7, 11) is 0. The van der Waals surface area contributed by atoms with Crippen LogP contribution in [-0.2, 0) is 4.79 Å². The molecule has 0 spiro atoms. The first-order valence-electron chi connectivity index (χ1n) is 6.58. The van der Waals surface area contributed by atoms with Gasteiger partial charge in [0.2, 0.25) is 12.3 Å². The predicted octanol–water partition coefficient (Wildman–Crippen LogP) is 2.33. The molecule has 5 nitrogen and oxygen atoms in total. The highest BCUT2D eigenvalue weighted by Gasteiger charge is 2.44. The molecule has 0 saturated heterocycles. The van der Waals surface area contributed by atoms with E-state index in [-0.39, 0.29) is 23.8 Å². The van der Waals surface area contributed by atoms with Crippen molar-refractivity contribution in [3.05, 3.63) is 47.6 Å². The average Bonchev–Trinajstić information content (AvgIpc) is 3.06. The highest BCUT2D eigenvalue weighted by atomic mass is 19.2. The van der Waals surface area contributed by atoms with Crippen molar-refractivity contribution in [2.75, 3.05) is 0 Å². The first-order valence-corrected chi connectivity index (χ1v) is 6.58. The lowest BCUT2D eigenvalue weighted by atomic mass is 10.1. The fourth-order valence-corrected chi connectivity index (χ4v) is 2.35. The van der Waals surface area contributed by atoms with Crippen molar-refractivity contribution in [1.29, 1.82) is 0 Å². The Labute approximate surface area is 119 Å². The Kier molecular flexibility index (Phi) is 3.40. The molecule has 0 aliphatic heterocycles. The largest absolute Gasteiger partial charge is 0.346 e. The zero-order valence-corrected chi connectivity index (χ0v) is 11.2. The maximum Gasteiger partial charge on any atom is 0.224 e. The molecule has 7 heteroatoms. The minimum Gasteiger partial charge on any atom is -0.346 e. The van der Waals surface area contributed by atoms with Crippen molar-refractivity contribution in [3.63, 3.8) is 0 Å². The molecule has 1 aromatic heterocycles. The van der Waals surface area contributed by atoms with Crippen LogP contribution in [0.25, 0.3) is 0 Å². The van der Waals surface area contributed by atoms with E-state index in [4.69, 9.17) is 0 Å². The van der Waals surface area contributed by atoms with Crippen LogP contribution in [0.15, 0.2) is 29.1 Å². The van der Waals surface area contributed by atoms with E-state index in [1.165, 1.54) is 12.5 Å². The van der Waals surface area contributed by atoms with Crippen LogP contribution in [0.2, 0.25) is 0 Å². The summed E-state index contributed by atoms with van der Waals surface area (Å²) in [4.78, 5) is 15.9. The fraction of sp³-hybridized carbons (Fsp3) is 0.357. The van der Waals surface area contributed by atoms with Crippen LogP contribution in [0.3, 0.4) is 0 Å². The molecule has 0 bridgehead atoms. The molecule has 0 unspecified atom stereocenters. The first-order chi connectivity index (χ1) is 10.1. The average molecular weight is 293 g/mol. The molecule has 1 aliphatic rings. The number of nitrogens with one attached hydrogen (secondary N) is 1. The summed E-state index contributed by atoms with van der Waals surface area (Å²) in [5.74, 6) is -1.83. The van der Waals surface area contributed by atoms with Gasteiger partial charge in [0.05, 0.1) is 6.04 Å². The van der Waals surface area contributed by atoms with Gasteiger partial charge in [-0.15, -0.1) is 0 Å². The van der Waals surface area contributed by atoms with E-state index in [2.05, 4.69) is 20.0 Å².